The van der Waals surface area contributed by atoms with E-state index in [4.69, 9.17) is 4.74 Å². The number of methoxy groups -OCH3 is 1. The number of hydrogen-bond acceptors (Lipinski definition) is 4. The van der Waals surface area contributed by atoms with Gasteiger partial charge in [0.05, 0.1) is 13.2 Å². The van der Waals surface area contributed by atoms with E-state index in [1.54, 1.807) is 17.0 Å². The van der Waals surface area contributed by atoms with E-state index in [1.807, 2.05) is 30.3 Å². The number of carbonyl (C=O) groups is 3. The lowest BCUT2D eigenvalue weighted by atomic mass is 9.74. The van der Waals surface area contributed by atoms with Gasteiger partial charge in [0.25, 0.3) is 11.8 Å². The summed E-state index contributed by atoms with van der Waals surface area (Å²) in [6, 6.07) is 14.8. The van der Waals surface area contributed by atoms with Crippen molar-refractivity contribution >= 4 is 17.8 Å². The summed E-state index contributed by atoms with van der Waals surface area (Å²) in [5.74, 6) is 4.46. The molecule has 2 aliphatic heterocycles. The van der Waals surface area contributed by atoms with Crippen LogP contribution in [0.4, 0.5) is 9.18 Å². The lowest BCUT2D eigenvalue weighted by Crippen LogP contribution is -2.58. The molecule has 0 aromatic heterocycles. The Morgan fingerprint density at radius 1 is 1.11 bits per heavy atom. The maximum Gasteiger partial charge on any atom is 0.325 e. The standard InChI is InChI=1S/C27H28FN3O4/c1-35-18-17-31-25(33)27(29-26(31)34,19-21-7-10-23(28)11-8-21)22-13-15-30(16-14-22)24(32)12-9-20-5-3-2-4-6-20/h2-8,10-11,22H,13-19H2,1H3,(H,29,34). The van der Waals surface area contributed by atoms with Crippen LogP contribution in [-0.2, 0) is 20.7 Å². The van der Waals surface area contributed by atoms with E-state index in [9.17, 15) is 18.8 Å². The monoisotopic (exact) mass is 477 g/mol. The Balaban J connectivity index is 1.51. The summed E-state index contributed by atoms with van der Waals surface area (Å²) in [6.45, 7) is 1.25. The molecule has 8 heteroatoms. The molecule has 4 rings (SSSR count). The summed E-state index contributed by atoms with van der Waals surface area (Å²) >= 11 is 0. The molecule has 35 heavy (non-hydrogen) atoms. The van der Waals surface area contributed by atoms with E-state index >= 15 is 0 Å². The second-order valence-electron chi connectivity index (χ2n) is 8.84. The third-order valence-electron chi connectivity index (χ3n) is 6.68. The number of rotatable bonds is 6. The molecule has 2 fully saturated rings. The molecule has 0 spiro atoms. The summed E-state index contributed by atoms with van der Waals surface area (Å²) in [4.78, 5) is 41.9. The molecule has 2 aliphatic rings. The molecule has 2 saturated heterocycles. The van der Waals surface area contributed by atoms with E-state index in [0.29, 0.717) is 25.9 Å². The van der Waals surface area contributed by atoms with Crippen LogP contribution in [-0.4, -0.2) is 66.5 Å². The predicted octanol–water partition coefficient (Wildman–Crippen LogP) is 2.60. The fourth-order valence-corrected chi connectivity index (χ4v) is 4.80. The van der Waals surface area contributed by atoms with Crippen LogP contribution in [0, 0.1) is 23.6 Å². The summed E-state index contributed by atoms with van der Waals surface area (Å²) < 4.78 is 18.5. The maximum atomic E-state index is 13.6. The van der Waals surface area contributed by atoms with Gasteiger partial charge >= 0.3 is 6.03 Å². The molecular weight excluding hydrogens is 449 g/mol. The molecule has 1 atom stereocenters. The van der Waals surface area contributed by atoms with Gasteiger partial charge in [-0.25, -0.2) is 9.18 Å². The number of likely N-dealkylation sites (tertiary alicyclic amines) is 1. The van der Waals surface area contributed by atoms with Gasteiger partial charge in [0, 0.05) is 38.1 Å². The summed E-state index contributed by atoms with van der Waals surface area (Å²) in [5, 5.41) is 2.96. The molecule has 0 saturated carbocycles. The van der Waals surface area contributed by atoms with E-state index in [-0.39, 0.29) is 43.1 Å². The SMILES string of the molecule is COCCN1C(=O)NC(Cc2ccc(F)cc2)(C2CCN(C(=O)C#Cc3ccccc3)CC2)C1=O. The fraction of sp³-hybridized carbons (Fsp3) is 0.370. The van der Waals surface area contributed by atoms with Gasteiger partial charge in [-0.15, -0.1) is 0 Å². The van der Waals surface area contributed by atoms with Gasteiger partial charge in [-0.1, -0.05) is 36.3 Å². The lowest BCUT2D eigenvalue weighted by Gasteiger charge is -2.40. The molecule has 0 radical (unpaired) electrons. The first-order valence-corrected chi connectivity index (χ1v) is 11.7. The van der Waals surface area contributed by atoms with Gasteiger partial charge in [-0.3, -0.25) is 14.5 Å². The molecule has 2 aromatic rings. The number of hydrogen-bond donors (Lipinski definition) is 1. The van der Waals surface area contributed by atoms with Crippen LogP contribution < -0.4 is 5.32 Å². The van der Waals surface area contributed by atoms with Gasteiger partial charge < -0.3 is 15.0 Å². The topological polar surface area (TPSA) is 79.0 Å². The lowest BCUT2D eigenvalue weighted by molar-refractivity contribution is -0.135. The van der Waals surface area contributed by atoms with Gasteiger partial charge in [-0.2, -0.15) is 0 Å². The molecule has 2 heterocycles. The van der Waals surface area contributed by atoms with Crippen molar-refractivity contribution in [2.45, 2.75) is 24.8 Å². The van der Waals surface area contributed by atoms with Crippen molar-refractivity contribution in [1.82, 2.24) is 15.1 Å². The summed E-state index contributed by atoms with van der Waals surface area (Å²) in [7, 11) is 1.51. The van der Waals surface area contributed by atoms with Crippen molar-refractivity contribution in [3.8, 4) is 11.8 Å². The Bertz CT molecular complexity index is 1130. The van der Waals surface area contributed by atoms with Crippen LogP contribution in [0.25, 0.3) is 0 Å². The Morgan fingerprint density at radius 2 is 1.80 bits per heavy atom. The number of nitrogens with zero attached hydrogens (tertiary/aromatic N) is 2. The highest BCUT2D eigenvalue weighted by molar-refractivity contribution is 6.07. The molecule has 0 bridgehead atoms. The average Bonchev–Trinajstić information content (AvgIpc) is 3.12. The van der Waals surface area contributed by atoms with Crippen molar-refractivity contribution in [3.63, 3.8) is 0 Å². The molecule has 1 N–H and O–H groups in total. The third-order valence-corrected chi connectivity index (χ3v) is 6.68. The van der Waals surface area contributed by atoms with Crippen LogP contribution in [0.1, 0.15) is 24.0 Å². The number of halogens is 1. The number of urea groups is 1. The number of nitrogens with one attached hydrogen (secondary N) is 1. The zero-order chi connectivity index (χ0) is 24.8. The van der Waals surface area contributed by atoms with Crippen molar-refractivity contribution in [2.24, 2.45) is 5.92 Å². The minimum absolute atomic E-state index is 0.152. The smallest absolute Gasteiger partial charge is 0.325 e. The highest BCUT2D eigenvalue weighted by atomic mass is 19.1. The second kappa shape index (κ2) is 10.7. The largest absolute Gasteiger partial charge is 0.383 e. The van der Waals surface area contributed by atoms with Crippen molar-refractivity contribution in [2.75, 3.05) is 33.4 Å². The zero-order valence-electron chi connectivity index (χ0n) is 19.6. The van der Waals surface area contributed by atoms with Gasteiger partial charge in [0.15, 0.2) is 0 Å². The number of amides is 4. The first kappa shape index (κ1) is 24.4. The molecule has 1 unspecified atom stereocenters. The normalized spacial score (nSPS) is 20.4. The fourth-order valence-electron chi connectivity index (χ4n) is 4.80. The highest BCUT2D eigenvalue weighted by Crippen LogP contribution is 2.36. The molecule has 182 valence electrons. The third kappa shape index (κ3) is 5.36. The Labute approximate surface area is 204 Å². The van der Waals surface area contributed by atoms with Crippen molar-refractivity contribution < 1.29 is 23.5 Å². The first-order chi connectivity index (χ1) is 16.9. The Morgan fingerprint density at radius 3 is 2.46 bits per heavy atom. The molecule has 4 amide bonds. The number of benzene rings is 2. The van der Waals surface area contributed by atoms with E-state index < -0.39 is 11.6 Å². The number of ether oxygens (including phenoxy) is 1. The zero-order valence-corrected chi connectivity index (χ0v) is 19.6. The van der Waals surface area contributed by atoms with Gasteiger partial charge in [0.2, 0.25) is 0 Å². The van der Waals surface area contributed by atoms with Gasteiger partial charge in [-0.05, 0) is 48.6 Å². The molecule has 7 nitrogen and oxygen atoms in total. The Kier molecular flexibility index (Phi) is 7.47. The number of carbonyl (C=O) groups excluding carboxylic acids is 3. The van der Waals surface area contributed by atoms with E-state index in [1.165, 1.54) is 24.1 Å². The quantitative estimate of drug-likeness (QED) is 0.513. The van der Waals surface area contributed by atoms with Crippen molar-refractivity contribution in [1.29, 1.82) is 0 Å². The predicted molar refractivity (Wildman–Crippen MR) is 128 cm³/mol. The van der Waals surface area contributed by atoms with Crippen LogP contribution in [0.15, 0.2) is 54.6 Å². The average molecular weight is 478 g/mol. The van der Waals surface area contributed by atoms with Crippen LogP contribution in [0.5, 0.6) is 0 Å². The highest BCUT2D eigenvalue weighted by Gasteiger charge is 2.55. The number of piperidine rings is 1. The number of imide groups is 1. The first-order valence-electron chi connectivity index (χ1n) is 11.7. The summed E-state index contributed by atoms with van der Waals surface area (Å²) in [5.41, 5.74) is 0.360. The van der Waals surface area contributed by atoms with Crippen LogP contribution >= 0.6 is 0 Å². The minimum atomic E-state index is -1.16. The van der Waals surface area contributed by atoms with Crippen LogP contribution in [0.2, 0.25) is 0 Å². The van der Waals surface area contributed by atoms with Crippen LogP contribution in [0.3, 0.4) is 0 Å². The maximum absolute atomic E-state index is 13.6. The summed E-state index contributed by atoms with van der Waals surface area (Å²) in [6.07, 6.45) is 1.31. The Hall–Kier alpha value is -3.70. The van der Waals surface area contributed by atoms with E-state index in [0.717, 1.165) is 11.1 Å². The molecule has 0 aliphatic carbocycles. The van der Waals surface area contributed by atoms with E-state index in [2.05, 4.69) is 17.2 Å². The second-order valence-corrected chi connectivity index (χ2v) is 8.84. The minimum Gasteiger partial charge on any atom is -0.383 e. The molecule has 2 aromatic carbocycles. The molecular formula is C27H28FN3O4. The van der Waals surface area contributed by atoms with Gasteiger partial charge in [0.1, 0.15) is 11.4 Å². The van der Waals surface area contributed by atoms with Crippen molar-refractivity contribution in [3.05, 3.63) is 71.5 Å².